The maximum Gasteiger partial charge on any atom is 0.312 e. The maximum atomic E-state index is 11.8. The quantitative estimate of drug-likeness (QED) is 0.587. The molecule has 0 saturated heterocycles. The van der Waals surface area contributed by atoms with Crippen LogP contribution in [0.25, 0.3) is 0 Å². The van der Waals surface area contributed by atoms with Crippen molar-refractivity contribution in [3.8, 4) is 0 Å². The van der Waals surface area contributed by atoms with Crippen molar-refractivity contribution in [1.82, 2.24) is 0 Å². The molecule has 1 atom stereocenters. The first kappa shape index (κ1) is 12.1. The van der Waals surface area contributed by atoms with Crippen LogP contribution in [0, 0.1) is 11.3 Å². The maximum absolute atomic E-state index is 11.8. The number of hydrogen-bond acceptors (Lipinski definition) is 3. The number of hydrogen-bond donors (Lipinski definition) is 2. The second kappa shape index (κ2) is 5.21. The van der Waals surface area contributed by atoms with E-state index in [9.17, 15) is 9.59 Å². The highest BCUT2D eigenvalue weighted by Gasteiger charge is 2.26. The van der Waals surface area contributed by atoms with Gasteiger partial charge in [0, 0.05) is 5.56 Å². The summed E-state index contributed by atoms with van der Waals surface area (Å²) < 4.78 is 0. The second-order valence-corrected chi connectivity index (χ2v) is 3.41. The molecule has 1 aromatic rings. The van der Waals surface area contributed by atoms with Crippen LogP contribution in [-0.2, 0) is 4.79 Å². The fourth-order valence-corrected chi connectivity index (χ4v) is 1.41. The minimum atomic E-state index is -1.13. The molecule has 0 aromatic heterocycles. The molecule has 0 aliphatic carbocycles. The predicted molar refractivity (Wildman–Crippen MR) is 59.9 cm³/mol. The Morgan fingerprint density at radius 1 is 1.31 bits per heavy atom. The summed E-state index contributed by atoms with van der Waals surface area (Å²) in [5.41, 5.74) is -0.00611. The average molecular weight is 219 g/mol. The summed E-state index contributed by atoms with van der Waals surface area (Å²) >= 11 is 0. The van der Waals surface area contributed by atoms with Gasteiger partial charge < -0.3 is 10.5 Å². The lowest BCUT2D eigenvalue weighted by Crippen LogP contribution is -2.29. The molecule has 0 fully saturated rings. The Hall–Kier alpha value is -1.97. The fourth-order valence-electron chi connectivity index (χ4n) is 1.41. The SMILES string of the molecule is CC[C@@H](C(=N)C(=O)c1ccccc1)C(=O)O. The number of benzene rings is 1. The van der Waals surface area contributed by atoms with Gasteiger partial charge in [0.25, 0.3) is 0 Å². The zero-order valence-electron chi connectivity index (χ0n) is 8.93. The van der Waals surface area contributed by atoms with Crippen LogP contribution in [0.4, 0.5) is 0 Å². The number of nitrogens with one attached hydrogen (secondary N) is 1. The number of carboxylic acids is 1. The Balaban J connectivity index is 2.90. The number of carbonyl (C=O) groups excluding carboxylic acids is 1. The highest BCUT2D eigenvalue weighted by Crippen LogP contribution is 2.10. The molecule has 0 unspecified atom stereocenters. The molecule has 4 heteroatoms. The second-order valence-electron chi connectivity index (χ2n) is 3.41. The number of ketones is 1. The van der Waals surface area contributed by atoms with Crippen LogP contribution in [0.3, 0.4) is 0 Å². The van der Waals surface area contributed by atoms with Gasteiger partial charge in [-0.3, -0.25) is 9.59 Å². The minimum Gasteiger partial charge on any atom is -0.481 e. The zero-order valence-corrected chi connectivity index (χ0v) is 8.93. The van der Waals surface area contributed by atoms with Crippen LogP contribution < -0.4 is 0 Å². The molecule has 1 rings (SSSR count). The van der Waals surface area contributed by atoms with E-state index in [1.54, 1.807) is 37.3 Å². The molecule has 1 aromatic carbocycles. The molecule has 0 spiro atoms. The van der Waals surface area contributed by atoms with Crippen molar-refractivity contribution in [2.45, 2.75) is 13.3 Å². The summed E-state index contributed by atoms with van der Waals surface area (Å²) in [6.45, 7) is 1.64. The Morgan fingerprint density at radius 2 is 1.88 bits per heavy atom. The topological polar surface area (TPSA) is 78.2 Å². The van der Waals surface area contributed by atoms with Gasteiger partial charge in [0.2, 0.25) is 5.78 Å². The van der Waals surface area contributed by atoms with Gasteiger partial charge in [-0.15, -0.1) is 0 Å². The van der Waals surface area contributed by atoms with Crippen molar-refractivity contribution in [1.29, 1.82) is 5.41 Å². The first-order valence-corrected chi connectivity index (χ1v) is 4.99. The molecule has 4 nitrogen and oxygen atoms in total. The summed E-state index contributed by atoms with van der Waals surface area (Å²) in [7, 11) is 0. The third-order valence-electron chi connectivity index (χ3n) is 2.34. The Labute approximate surface area is 93.4 Å². The summed E-state index contributed by atoms with van der Waals surface area (Å²) in [4.78, 5) is 22.6. The van der Waals surface area contributed by atoms with Crippen LogP contribution >= 0.6 is 0 Å². The van der Waals surface area contributed by atoms with Gasteiger partial charge >= 0.3 is 5.97 Å². The molecule has 16 heavy (non-hydrogen) atoms. The largest absolute Gasteiger partial charge is 0.481 e. The zero-order chi connectivity index (χ0) is 12.1. The van der Waals surface area contributed by atoms with Crippen molar-refractivity contribution >= 4 is 17.5 Å². The van der Waals surface area contributed by atoms with Gasteiger partial charge in [0.15, 0.2) is 0 Å². The van der Waals surface area contributed by atoms with Crippen LogP contribution in [-0.4, -0.2) is 22.6 Å². The highest BCUT2D eigenvalue weighted by molar-refractivity contribution is 6.47. The van der Waals surface area contributed by atoms with Crippen LogP contribution in [0.2, 0.25) is 0 Å². The first-order valence-electron chi connectivity index (χ1n) is 4.99. The van der Waals surface area contributed by atoms with E-state index in [0.29, 0.717) is 5.56 Å². The smallest absolute Gasteiger partial charge is 0.312 e. The molecule has 0 bridgehead atoms. The molecule has 2 N–H and O–H groups in total. The monoisotopic (exact) mass is 219 g/mol. The van der Waals surface area contributed by atoms with Crippen molar-refractivity contribution in [2.75, 3.05) is 0 Å². The molecule has 0 radical (unpaired) electrons. The van der Waals surface area contributed by atoms with Crippen molar-refractivity contribution < 1.29 is 14.7 Å². The third-order valence-corrected chi connectivity index (χ3v) is 2.34. The number of aliphatic carboxylic acids is 1. The van der Waals surface area contributed by atoms with E-state index in [4.69, 9.17) is 10.5 Å². The van der Waals surface area contributed by atoms with Crippen LogP contribution in [0.1, 0.15) is 23.7 Å². The van der Waals surface area contributed by atoms with Gasteiger partial charge in [-0.1, -0.05) is 37.3 Å². The van der Waals surface area contributed by atoms with E-state index in [1.165, 1.54) is 0 Å². The molecule has 0 saturated carbocycles. The fraction of sp³-hybridized carbons (Fsp3) is 0.250. The number of carbonyl (C=O) groups is 2. The lowest BCUT2D eigenvalue weighted by atomic mass is 9.94. The van der Waals surface area contributed by atoms with Gasteiger partial charge in [-0.2, -0.15) is 0 Å². The normalized spacial score (nSPS) is 11.8. The van der Waals surface area contributed by atoms with E-state index in [2.05, 4.69) is 0 Å². The third kappa shape index (κ3) is 2.53. The molecule has 0 aliphatic heterocycles. The lowest BCUT2D eigenvalue weighted by molar-refractivity contribution is -0.139. The van der Waals surface area contributed by atoms with Crippen molar-refractivity contribution in [3.05, 3.63) is 35.9 Å². The Kier molecular flexibility index (Phi) is 3.94. The molecular weight excluding hydrogens is 206 g/mol. The van der Waals surface area contributed by atoms with Crippen LogP contribution in [0.15, 0.2) is 30.3 Å². The Bertz CT molecular complexity index is 412. The summed E-state index contributed by atoms with van der Waals surface area (Å²) in [5.74, 6) is -2.67. The van der Waals surface area contributed by atoms with Gasteiger partial charge in [0.1, 0.15) is 5.92 Å². The minimum absolute atomic E-state index is 0.243. The summed E-state index contributed by atoms with van der Waals surface area (Å²) in [5, 5.41) is 16.4. The van der Waals surface area contributed by atoms with E-state index in [-0.39, 0.29) is 12.1 Å². The molecule has 0 heterocycles. The van der Waals surface area contributed by atoms with Gasteiger partial charge in [0.05, 0.1) is 5.71 Å². The molecular formula is C12H13NO3. The van der Waals surface area contributed by atoms with Crippen molar-refractivity contribution in [2.24, 2.45) is 5.92 Å². The average Bonchev–Trinajstić information content (AvgIpc) is 2.29. The molecule has 0 amide bonds. The van der Waals surface area contributed by atoms with Gasteiger partial charge in [-0.25, -0.2) is 0 Å². The summed E-state index contributed by atoms with van der Waals surface area (Å²) in [6.07, 6.45) is 0.243. The first-order chi connectivity index (χ1) is 7.57. The standard InChI is InChI=1S/C12H13NO3/c1-2-9(12(15)16)10(13)11(14)8-6-4-3-5-7-8/h3-7,9,13H,2H2,1H3,(H,15,16)/t9-/m0/s1. The van der Waals surface area contributed by atoms with Crippen LogP contribution in [0.5, 0.6) is 0 Å². The number of carboxylic acid groups (broad SMARTS) is 1. The van der Waals surface area contributed by atoms with E-state index in [0.717, 1.165) is 0 Å². The molecule has 84 valence electrons. The van der Waals surface area contributed by atoms with Crippen molar-refractivity contribution in [3.63, 3.8) is 0 Å². The highest BCUT2D eigenvalue weighted by atomic mass is 16.4. The number of rotatable bonds is 5. The Morgan fingerprint density at radius 3 is 2.31 bits per heavy atom. The lowest BCUT2D eigenvalue weighted by Gasteiger charge is -2.10. The van der Waals surface area contributed by atoms with E-state index >= 15 is 0 Å². The predicted octanol–water partition coefficient (Wildman–Crippen LogP) is 2.00. The number of Topliss-reactive ketones (excluding diaryl/α,β-unsaturated/α-hetero) is 1. The van der Waals surface area contributed by atoms with E-state index < -0.39 is 17.7 Å². The van der Waals surface area contributed by atoms with E-state index in [1.807, 2.05) is 0 Å². The molecule has 0 aliphatic rings. The van der Waals surface area contributed by atoms with Gasteiger partial charge in [-0.05, 0) is 6.42 Å². The summed E-state index contributed by atoms with van der Waals surface area (Å²) in [6, 6.07) is 8.27.